The van der Waals surface area contributed by atoms with Crippen LogP contribution in [-0.2, 0) is 22.9 Å². The number of nitrogens with one attached hydrogen (secondary N) is 1. The van der Waals surface area contributed by atoms with E-state index >= 15 is 0 Å². The Hall–Kier alpha value is -0.910. The average Bonchev–Trinajstić information content (AvgIpc) is 2.35. The van der Waals surface area contributed by atoms with Crippen LogP contribution < -0.4 is 5.32 Å². The lowest BCUT2D eigenvalue weighted by molar-refractivity contribution is 0.287. The van der Waals surface area contributed by atoms with Crippen LogP contribution in [0.4, 0.5) is 0 Å². The fourth-order valence-corrected chi connectivity index (χ4v) is 3.41. The van der Waals surface area contributed by atoms with Crippen LogP contribution in [0.2, 0.25) is 0 Å². The van der Waals surface area contributed by atoms with Gasteiger partial charge in [-0.3, -0.25) is 4.90 Å². The van der Waals surface area contributed by atoms with Crippen molar-refractivity contribution in [2.75, 3.05) is 31.6 Å². The van der Waals surface area contributed by atoms with Gasteiger partial charge in [0.15, 0.2) is 9.84 Å². The Morgan fingerprint density at radius 1 is 1.11 bits per heavy atom. The second-order valence-electron chi connectivity index (χ2n) is 4.77. The first-order chi connectivity index (χ1) is 8.59. The monoisotopic (exact) mass is 268 g/mol. The highest BCUT2D eigenvalue weighted by molar-refractivity contribution is 7.91. The van der Waals surface area contributed by atoms with Crippen molar-refractivity contribution >= 4 is 9.84 Å². The Balaban J connectivity index is 1.90. The summed E-state index contributed by atoms with van der Waals surface area (Å²) in [5.41, 5.74) is 2.51. The van der Waals surface area contributed by atoms with Crippen LogP contribution >= 0.6 is 0 Å². The molecular formula is C13H20N2O2S. The molecule has 1 aliphatic heterocycles. The Bertz CT molecular complexity index is 468. The second-order valence-corrected chi connectivity index (χ2v) is 7.08. The number of nitrogens with zero attached hydrogens (tertiary/aromatic N) is 1. The molecule has 0 bridgehead atoms. The van der Waals surface area contributed by atoms with Gasteiger partial charge in [-0.05, 0) is 18.2 Å². The number of benzene rings is 1. The lowest BCUT2D eigenvalue weighted by atomic mass is 10.1. The molecule has 0 unspecified atom stereocenters. The molecule has 5 heteroatoms. The third kappa shape index (κ3) is 3.80. The van der Waals surface area contributed by atoms with E-state index in [0.29, 0.717) is 24.6 Å². The smallest absolute Gasteiger partial charge is 0.152 e. The molecule has 0 aromatic heterocycles. The Morgan fingerprint density at radius 3 is 2.22 bits per heavy atom. The zero-order valence-corrected chi connectivity index (χ0v) is 11.5. The molecule has 2 rings (SSSR count). The molecule has 0 radical (unpaired) electrons. The Labute approximate surface area is 109 Å². The van der Waals surface area contributed by atoms with Gasteiger partial charge in [0.2, 0.25) is 0 Å². The van der Waals surface area contributed by atoms with Crippen LogP contribution in [-0.4, -0.2) is 45.0 Å². The van der Waals surface area contributed by atoms with E-state index in [1.807, 2.05) is 7.05 Å². The van der Waals surface area contributed by atoms with Gasteiger partial charge in [-0.15, -0.1) is 0 Å². The minimum absolute atomic E-state index is 0.296. The van der Waals surface area contributed by atoms with Gasteiger partial charge in [0.1, 0.15) is 0 Å². The van der Waals surface area contributed by atoms with E-state index in [0.717, 1.165) is 13.1 Å². The van der Waals surface area contributed by atoms with Crippen LogP contribution in [0.25, 0.3) is 0 Å². The molecule has 18 heavy (non-hydrogen) atoms. The normalized spacial score (nSPS) is 19.8. The Kier molecular flexibility index (Phi) is 4.37. The third-order valence-electron chi connectivity index (χ3n) is 3.25. The minimum atomic E-state index is -2.77. The summed E-state index contributed by atoms with van der Waals surface area (Å²) in [5, 5.41) is 3.12. The molecule has 1 N–H and O–H groups in total. The van der Waals surface area contributed by atoms with Crippen molar-refractivity contribution in [3.63, 3.8) is 0 Å². The van der Waals surface area contributed by atoms with Gasteiger partial charge in [0.05, 0.1) is 11.5 Å². The first-order valence-corrected chi connectivity index (χ1v) is 8.06. The van der Waals surface area contributed by atoms with Crippen molar-refractivity contribution < 1.29 is 8.42 Å². The van der Waals surface area contributed by atoms with E-state index in [1.54, 1.807) is 0 Å². The molecule has 1 aromatic carbocycles. The van der Waals surface area contributed by atoms with Crippen LogP contribution in [0.3, 0.4) is 0 Å². The molecule has 1 heterocycles. The third-order valence-corrected chi connectivity index (χ3v) is 4.86. The highest BCUT2D eigenvalue weighted by atomic mass is 32.2. The number of rotatable bonds is 4. The van der Waals surface area contributed by atoms with Gasteiger partial charge in [0.25, 0.3) is 0 Å². The lowest BCUT2D eigenvalue weighted by Crippen LogP contribution is -2.39. The van der Waals surface area contributed by atoms with Gasteiger partial charge in [0, 0.05) is 26.2 Å². The van der Waals surface area contributed by atoms with Gasteiger partial charge in [-0.2, -0.15) is 0 Å². The highest BCUT2D eigenvalue weighted by Gasteiger charge is 2.21. The number of sulfone groups is 1. The molecule has 1 saturated heterocycles. The van der Waals surface area contributed by atoms with Crippen molar-refractivity contribution in [3.05, 3.63) is 35.4 Å². The average molecular weight is 268 g/mol. The molecule has 0 atom stereocenters. The van der Waals surface area contributed by atoms with E-state index < -0.39 is 9.84 Å². The zero-order valence-electron chi connectivity index (χ0n) is 10.7. The summed E-state index contributed by atoms with van der Waals surface area (Å²) in [5.74, 6) is 0.593. The zero-order chi connectivity index (χ0) is 13.0. The van der Waals surface area contributed by atoms with E-state index in [-0.39, 0.29) is 0 Å². The standard InChI is InChI=1S/C13H20N2O2S/c1-14-10-12-2-4-13(5-3-12)11-15-6-8-18(16,17)9-7-15/h2-5,14H,6-11H2,1H3. The molecule has 0 aliphatic carbocycles. The topological polar surface area (TPSA) is 49.4 Å². The van der Waals surface area contributed by atoms with Crippen LogP contribution in [0.15, 0.2) is 24.3 Å². The van der Waals surface area contributed by atoms with Crippen LogP contribution in [0.5, 0.6) is 0 Å². The first-order valence-electron chi connectivity index (χ1n) is 6.24. The molecule has 1 aromatic rings. The van der Waals surface area contributed by atoms with Crippen LogP contribution in [0, 0.1) is 0 Å². The molecule has 100 valence electrons. The van der Waals surface area contributed by atoms with E-state index in [4.69, 9.17) is 0 Å². The Morgan fingerprint density at radius 2 is 1.67 bits per heavy atom. The maximum atomic E-state index is 11.3. The van der Waals surface area contributed by atoms with Crippen molar-refractivity contribution in [1.82, 2.24) is 10.2 Å². The number of hydrogen-bond donors (Lipinski definition) is 1. The summed E-state index contributed by atoms with van der Waals surface area (Å²) < 4.78 is 22.7. The molecule has 0 amide bonds. The predicted octanol–water partition coefficient (Wildman–Crippen LogP) is 0.636. The summed E-state index contributed by atoms with van der Waals surface area (Å²) in [7, 11) is -0.839. The van der Waals surface area contributed by atoms with E-state index in [9.17, 15) is 8.42 Å². The maximum absolute atomic E-state index is 11.3. The summed E-state index contributed by atoms with van der Waals surface area (Å²) in [6.07, 6.45) is 0. The minimum Gasteiger partial charge on any atom is -0.316 e. The fraction of sp³-hybridized carbons (Fsp3) is 0.538. The van der Waals surface area contributed by atoms with Crippen molar-refractivity contribution in [3.8, 4) is 0 Å². The SMILES string of the molecule is CNCc1ccc(CN2CCS(=O)(=O)CC2)cc1. The predicted molar refractivity (Wildman–Crippen MR) is 73.1 cm³/mol. The largest absolute Gasteiger partial charge is 0.316 e. The van der Waals surface area contributed by atoms with Crippen molar-refractivity contribution in [2.24, 2.45) is 0 Å². The fourth-order valence-electron chi connectivity index (χ4n) is 2.13. The molecule has 4 nitrogen and oxygen atoms in total. The summed E-state index contributed by atoms with van der Waals surface area (Å²) >= 11 is 0. The molecule has 1 aliphatic rings. The maximum Gasteiger partial charge on any atom is 0.152 e. The van der Waals surface area contributed by atoms with E-state index in [1.165, 1.54) is 11.1 Å². The lowest BCUT2D eigenvalue weighted by Gasteiger charge is -2.26. The number of hydrogen-bond acceptors (Lipinski definition) is 4. The molecule has 1 fully saturated rings. The van der Waals surface area contributed by atoms with Gasteiger partial charge in [-0.25, -0.2) is 8.42 Å². The van der Waals surface area contributed by atoms with E-state index in [2.05, 4.69) is 34.5 Å². The highest BCUT2D eigenvalue weighted by Crippen LogP contribution is 2.11. The van der Waals surface area contributed by atoms with Gasteiger partial charge in [-0.1, -0.05) is 24.3 Å². The first kappa shape index (κ1) is 13.5. The molecular weight excluding hydrogens is 248 g/mol. The van der Waals surface area contributed by atoms with Crippen molar-refractivity contribution in [2.45, 2.75) is 13.1 Å². The summed E-state index contributed by atoms with van der Waals surface area (Å²) in [6, 6.07) is 8.48. The molecule has 0 saturated carbocycles. The second kappa shape index (κ2) is 5.82. The van der Waals surface area contributed by atoms with Crippen LogP contribution in [0.1, 0.15) is 11.1 Å². The quantitative estimate of drug-likeness (QED) is 0.870. The van der Waals surface area contributed by atoms with Gasteiger partial charge >= 0.3 is 0 Å². The molecule has 0 spiro atoms. The summed E-state index contributed by atoms with van der Waals surface area (Å²) in [4.78, 5) is 2.20. The summed E-state index contributed by atoms with van der Waals surface area (Å²) in [6.45, 7) is 3.03. The van der Waals surface area contributed by atoms with Gasteiger partial charge < -0.3 is 5.32 Å². The van der Waals surface area contributed by atoms with Crippen molar-refractivity contribution in [1.29, 1.82) is 0 Å².